The van der Waals surface area contributed by atoms with Crippen LogP contribution < -0.4 is 0 Å². The van der Waals surface area contributed by atoms with Crippen LogP contribution in [-0.2, 0) is 0 Å². The average Bonchev–Trinajstić information content (AvgIpc) is 3.94. The fourth-order valence-corrected chi connectivity index (χ4v) is 9.78. The summed E-state index contributed by atoms with van der Waals surface area (Å²) in [6, 6.07) is 68.6. The van der Waals surface area contributed by atoms with Crippen LogP contribution in [-0.4, -0.2) is 24.9 Å². The first-order valence-electron chi connectivity index (χ1n) is 20.5. The quantitative estimate of drug-likeness (QED) is 0.160. The molecule has 12 aromatic rings. The zero-order valence-corrected chi connectivity index (χ0v) is 33.9. The Morgan fingerprint density at radius 2 is 0.758 bits per heavy atom. The Balaban J connectivity index is 0.989. The number of hydrogen-bond donors (Lipinski definition) is 0. The highest BCUT2D eigenvalue weighted by Crippen LogP contribution is 2.47. The molecular weight excluding hydrogens is 779 g/mol. The average molecular weight is 812 g/mol. The fourth-order valence-electron chi connectivity index (χ4n) is 8.42. The van der Waals surface area contributed by atoms with Crippen LogP contribution in [0.2, 0.25) is 0 Å². The zero-order valence-electron chi connectivity index (χ0n) is 33.1. The van der Waals surface area contributed by atoms with Crippen molar-refractivity contribution in [2.75, 3.05) is 0 Å². The summed E-state index contributed by atoms with van der Waals surface area (Å²) < 4.78 is 9.14. The van der Waals surface area contributed by atoms with E-state index in [0.29, 0.717) is 28.9 Å². The van der Waals surface area contributed by atoms with E-state index in [1.807, 2.05) is 114 Å². The summed E-state index contributed by atoms with van der Waals surface area (Å²) in [4.78, 5) is 25.1. The van der Waals surface area contributed by atoms with E-state index in [9.17, 15) is 0 Å². The molecule has 0 N–H and O–H groups in total. The molecular formula is C55H33N5OS. The third-order valence-electron chi connectivity index (χ3n) is 11.4. The number of fused-ring (bicyclic) bond motifs is 6. The highest BCUT2D eigenvalue weighted by atomic mass is 32.1. The number of furan rings is 1. The van der Waals surface area contributed by atoms with Gasteiger partial charge in [0.2, 0.25) is 0 Å². The van der Waals surface area contributed by atoms with Gasteiger partial charge < -0.3 is 4.42 Å². The van der Waals surface area contributed by atoms with Gasteiger partial charge in [0.05, 0.1) is 5.39 Å². The third kappa shape index (κ3) is 6.14. The van der Waals surface area contributed by atoms with Crippen molar-refractivity contribution in [1.82, 2.24) is 24.9 Å². The maximum absolute atomic E-state index is 6.70. The molecule has 7 heteroatoms. The van der Waals surface area contributed by atoms with Gasteiger partial charge in [-0.25, -0.2) is 24.9 Å². The second kappa shape index (κ2) is 14.9. The van der Waals surface area contributed by atoms with Crippen LogP contribution in [0.3, 0.4) is 0 Å². The number of benzene rings is 8. The van der Waals surface area contributed by atoms with Crippen molar-refractivity contribution >= 4 is 53.6 Å². The van der Waals surface area contributed by atoms with Crippen molar-refractivity contribution in [2.24, 2.45) is 0 Å². The maximum atomic E-state index is 6.70. The molecule has 8 aromatic carbocycles. The molecule has 290 valence electrons. The minimum absolute atomic E-state index is 0.631. The van der Waals surface area contributed by atoms with Gasteiger partial charge >= 0.3 is 0 Å². The van der Waals surface area contributed by atoms with Crippen LogP contribution in [0, 0.1) is 0 Å². The molecule has 6 nitrogen and oxygen atoms in total. The number of hydrogen-bond acceptors (Lipinski definition) is 7. The summed E-state index contributed by atoms with van der Waals surface area (Å²) in [5, 5.41) is 3.40. The first kappa shape index (κ1) is 35.8. The Bertz CT molecular complexity index is 3550. The van der Waals surface area contributed by atoms with Crippen molar-refractivity contribution in [3.05, 3.63) is 200 Å². The molecule has 0 atom stereocenters. The second-order valence-corrected chi connectivity index (χ2v) is 16.2. The lowest BCUT2D eigenvalue weighted by molar-refractivity contribution is 0.667. The maximum Gasteiger partial charge on any atom is 0.180 e. The van der Waals surface area contributed by atoms with Gasteiger partial charge in [0.15, 0.2) is 28.9 Å². The molecule has 12 rings (SSSR count). The monoisotopic (exact) mass is 811 g/mol. The van der Waals surface area contributed by atoms with Gasteiger partial charge in [0, 0.05) is 53.6 Å². The van der Waals surface area contributed by atoms with E-state index in [1.165, 1.54) is 25.7 Å². The molecule has 0 unspecified atom stereocenters. The number of rotatable bonds is 7. The summed E-state index contributed by atoms with van der Waals surface area (Å²) in [5.74, 6) is 2.58. The van der Waals surface area contributed by atoms with Crippen LogP contribution in [0.15, 0.2) is 205 Å². The lowest BCUT2D eigenvalue weighted by Gasteiger charge is -2.09. The minimum atomic E-state index is 0.631. The van der Waals surface area contributed by atoms with E-state index in [0.717, 1.165) is 66.7 Å². The largest absolute Gasteiger partial charge is 0.452 e. The van der Waals surface area contributed by atoms with Crippen molar-refractivity contribution in [3.63, 3.8) is 0 Å². The second-order valence-electron chi connectivity index (χ2n) is 15.2. The normalized spacial score (nSPS) is 11.5. The number of nitrogens with zero attached hydrogens (tertiary/aromatic N) is 5. The molecule has 4 heterocycles. The van der Waals surface area contributed by atoms with Crippen LogP contribution >= 0.6 is 11.3 Å². The van der Waals surface area contributed by atoms with Crippen LogP contribution in [0.5, 0.6) is 0 Å². The Hall–Kier alpha value is -8.13. The van der Waals surface area contributed by atoms with E-state index in [4.69, 9.17) is 29.3 Å². The van der Waals surface area contributed by atoms with E-state index in [1.54, 1.807) is 0 Å². The predicted molar refractivity (Wildman–Crippen MR) is 254 cm³/mol. The number of thiophene rings is 1. The summed E-state index contributed by atoms with van der Waals surface area (Å²) >= 11 is 1.82. The molecule has 0 spiro atoms. The van der Waals surface area contributed by atoms with Gasteiger partial charge in [-0.15, -0.1) is 11.3 Å². The molecule has 4 aromatic heterocycles. The van der Waals surface area contributed by atoms with Crippen molar-refractivity contribution in [2.45, 2.75) is 0 Å². The Morgan fingerprint density at radius 3 is 1.32 bits per heavy atom. The Morgan fingerprint density at radius 1 is 0.323 bits per heavy atom. The standard InChI is InChI=1S/C55H33N5OS/c1-5-16-35(17-6-1)47-49-48(57-52(56-47)36-18-7-2-8-19-36)46-41(25-15-29-45(46)61-49)42-26-14-28-44-43-27-13-24-40(50(43)62-51(42)44)34-30-32-39(33-31-34)55-59-53(37-20-9-3-10-21-37)58-54(60-55)38-22-11-4-12-23-38/h1-33H. The Labute approximate surface area is 360 Å². The lowest BCUT2D eigenvalue weighted by atomic mass is 9.97. The van der Waals surface area contributed by atoms with E-state index < -0.39 is 0 Å². The molecule has 0 amide bonds. The summed E-state index contributed by atoms with van der Waals surface area (Å²) in [7, 11) is 0. The highest BCUT2D eigenvalue weighted by Gasteiger charge is 2.23. The van der Waals surface area contributed by atoms with Gasteiger partial charge in [0.1, 0.15) is 16.8 Å². The minimum Gasteiger partial charge on any atom is -0.452 e. The number of aromatic nitrogens is 5. The summed E-state index contributed by atoms with van der Waals surface area (Å²) in [5.41, 5.74) is 12.3. The molecule has 0 aliphatic rings. The first-order chi connectivity index (χ1) is 30.7. The highest BCUT2D eigenvalue weighted by molar-refractivity contribution is 7.26. The van der Waals surface area contributed by atoms with Gasteiger partial charge in [0.25, 0.3) is 0 Å². The van der Waals surface area contributed by atoms with Crippen molar-refractivity contribution in [1.29, 1.82) is 0 Å². The van der Waals surface area contributed by atoms with E-state index >= 15 is 0 Å². The third-order valence-corrected chi connectivity index (χ3v) is 12.7. The van der Waals surface area contributed by atoms with E-state index in [2.05, 4.69) is 97.1 Å². The molecule has 0 aliphatic heterocycles. The van der Waals surface area contributed by atoms with Crippen LogP contribution in [0.4, 0.5) is 0 Å². The summed E-state index contributed by atoms with van der Waals surface area (Å²) in [6.07, 6.45) is 0. The molecule has 0 bridgehead atoms. The van der Waals surface area contributed by atoms with Gasteiger partial charge in [-0.1, -0.05) is 194 Å². The topological polar surface area (TPSA) is 77.6 Å². The van der Waals surface area contributed by atoms with Crippen LogP contribution in [0.25, 0.3) is 121 Å². The molecule has 0 saturated heterocycles. The molecule has 0 saturated carbocycles. The SMILES string of the molecule is c1ccc(-c2nc(-c3ccccc3)nc(-c3ccc(-c4cccc5c4sc4c(-c6cccc7oc8c(-c9ccccc9)nc(-c9ccccc9)nc8c67)cccc45)cc3)n2)cc1. The van der Waals surface area contributed by atoms with Crippen LogP contribution in [0.1, 0.15) is 0 Å². The predicted octanol–water partition coefficient (Wildman–Crippen LogP) is 14.6. The fraction of sp³-hybridized carbons (Fsp3) is 0. The van der Waals surface area contributed by atoms with Crippen molar-refractivity contribution in [3.8, 4) is 79.1 Å². The lowest BCUT2D eigenvalue weighted by Crippen LogP contribution is -2.00. The van der Waals surface area contributed by atoms with E-state index in [-0.39, 0.29) is 0 Å². The summed E-state index contributed by atoms with van der Waals surface area (Å²) in [6.45, 7) is 0. The van der Waals surface area contributed by atoms with Gasteiger partial charge in [-0.2, -0.15) is 0 Å². The molecule has 62 heavy (non-hydrogen) atoms. The van der Waals surface area contributed by atoms with Gasteiger partial charge in [-0.05, 0) is 22.8 Å². The molecule has 0 radical (unpaired) electrons. The van der Waals surface area contributed by atoms with Crippen molar-refractivity contribution < 1.29 is 4.42 Å². The van der Waals surface area contributed by atoms with Gasteiger partial charge in [-0.3, -0.25) is 0 Å². The first-order valence-corrected chi connectivity index (χ1v) is 21.3. The smallest absolute Gasteiger partial charge is 0.180 e. The molecule has 0 fully saturated rings. The zero-order chi connectivity index (χ0) is 41.0. The Kier molecular flexibility index (Phi) is 8.57. The molecule has 0 aliphatic carbocycles.